The van der Waals surface area contributed by atoms with E-state index in [9.17, 15) is 9.59 Å². The lowest BCUT2D eigenvalue weighted by atomic mass is 9.91. The lowest BCUT2D eigenvalue weighted by Crippen LogP contribution is -2.32. The smallest absolute Gasteiger partial charge is 0.263 e. The molecule has 2 aromatic heterocycles. The molecule has 1 atom stereocenters. The standard InChI is InChI=1S/C15H17N3O2S/c1-8-14(21-9(2)16-8)15(20)18-12-5-3-4-11-10(12)6-7-13(19)17-11/h6-7,12H,3-5H2,1-2H3,(H,17,19)(H,18,20). The van der Waals surface area contributed by atoms with Gasteiger partial charge in [0.15, 0.2) is 0 Å². The number of nitrogens with zero attached hydrogens (tertiary/aromatic N) is 1. The Kier molecular flexibility index (Phi) is 3.63. The monoisotopic (exact) mass is 303 g/mol. The number of hydrogen-bond donors (Lipinski definition) is 2. The Morgan fingerprint density at radius 2 is 2.24 bits per heavy atom. The third-order valence-corrected chi connectivity index (χ3v) is 4.82. The number of carbonyl (C=O) groups excluding carboxylic acids is 1. The molecule has 1 aliphatic rings. The number of nitrogens with one attached hydrogen (secondary N) is 2. The molecule has 0 fully saturated rings. The highest BCUT2D eigenvalue weighted by molar-refractivity contribution is 7.13. The second-order valence-electron chi connectivity index (χ2n) is 5.32. The van der Waals surface area contributed by atoms with Gasteiger partial charge in [-0.1, -0.05) is 0 Å². The molecule has 0 aliphatic heterocycles. The molecule has 5 nitrogen and oxygen atoms in total. The number of aryl methyl sites for hydroxylation is 3. The number of aromatic amines is 1. The van der Waals surface area contributed by atoms with Crippen molar-refractivity contribution in [1.82, 2.24) is 15.3 Å². The van der Waals surface area contributed by atoms with Crippen molar-refractivity contribution in [2.24, 2.45) is 0 Å². The summed E-state index contributed by atoms with van der Waals surface area (Å²) in [5.74, 6) is -0.0813. The van der Waals surface area contributed by atoms with Crippen molar-refractivity contribution in [2.75, 3.05) is 0 Å². The number of rotatable bonds is 2. The average Bonchev–Trinajstić information content (AvgIpc) is 2.77. The molecule has 2 N–H and O–H groups in total. The van der Waals surface area contributed by atoms with Crippen molar-refractivity contribution >= 4 is 17.2 Å². The molecule has 21 heavy (non-hydrogen) atoms. The zero-order valence-corrected chi connectivity index (χ0v) is 12.8. The van der Waals surface area contributed by atoms with Crippen LogP contribution in [0, 0.1) is 13.8 Å². The fraction of sp³-hybridized carbons (Fsp3) is 0.400. The number of pyridine rings is 1. The zero-order valence-electron chi connectivity index (χ0n) is 12.0. The normalized spacial score (nSPS) is 17.3. The van der Waals surface area contributed by atoms with E-state index in [4.69, 9.17) is 0 Å². The number of aromatic nitrogens is 2. The van der Waals surface area contributed by atoms with E-state index in [0.717, 1.165) is 41.2 Å². The number of carbonyl (C=O) groups is 1. The van der Waals surface area contributed by atoms with E-state index >= 15 is 0 Å². The second kappa shape index (κ2) is 5.44. The number of fused-ring (bicyclic) bond motifs is 1. The van der Waals surface area contributed by atoms with Gasteiger partial charge in [0.2, 0.25) is 5.56 Å². The molecule has 3 rings (SSSR count). The summed E-state index contributed by atoms with van der Waals surface area (Å²) < 4.78 is 0. The topological polar surface area (TPSA) is 74.8 Å². The predicted molar refractivity (Wildman–Crippen MR) is 81.8 cm³/mol. The minimum absolute atomic E-state index is 0.0418. The van der Waals surface area contributed by atoms with E-state index in [1.807, 2.05) is 19.9 Å². The Morgan fingerprint density at radius 3 is 2.95 bits per heavy atom. The average molecular weight is 303 g/mol. The highest BCUT2D eigenvalue weighted by Crippen LogP contribution is 2.28. The van der Waals surface area contributed by atoms with Crippen molar-refractivity contribution < 1.29 is 4.79 Å². The van der Waals surface area contributed by atoms with Gasteiger partial charge >= 0.3 is 0 Å². The van der Waals surface area contributed by atoms with Crippen molar-refractivity contribution in [1.29, 1.82) is 0 Å². The van der Waals surface area contributed by atoms with Crippen LogP contribution in [0.5, 0.6) is 0 Å². The molecule has 6 heteroatoms. The van der Waals surface area contributed by atoms with Crippen molar-refractivity contribution in [2.45, 2.75) is 39.2 Å². The summed E-state index contributed by atoms with van der Waals surface area (Å²) in [7, 11) is 0. The van der Waals surface area contributed by atoms with Crippen LogP contribution < -0.4 is 10.9 Å². The molecule has 110 valence electrons. The van der Waals surface area contributed by atoms with Gasteiger partial charge in [0, 0.05) is 11.8 Å². The van der Waals surface area contributed by atoms with Crippen LogP contribution in [0.15, 0.2) is 16.9 Å². The Bertz CT molecular complexity index is 748. The maximum Gasteiger partial charge on any atom is 0.263 e. The van der Waals surface area contributed by atoms with Crippen LogP contribution in [0.3, 0.4) is 0 Å². The van der Waals surface area contributed by atoms with Gasteiger partial charge in [0.1, 0.15) is 4.88 Å². The van der Waals surface area contributed by atoms with Gasteiger partial charge in [-0.15, -0.1) is 11.3 Å². The third-order valence-electron chi connectivity index (χ3n) is 3.75. The molecule has 2 aromatic rings. The molecule has 0 radical (unpaired) electrons. The zero-order chi connectivity index (χ0) is 15.0. The van der Waals surface area contributed by atoms with E-state index < -0.39 is 0 Å². The Balaban J connectivity index is 1.85. The fourth-order valence-electron chi connectivity index (χ4n) is 2.82. The Morgan fingerprint density at radius 1 is 1.43 bits per heavy atom. The first-order chi connectivity index (χ1) is 10.0. The second-order valence-corrected chi connectivity index (χ2v) is 6.53. The number of thiazole rings is 1. The molecular formula is C15H17N3O2S. The van der Waals surface area contributed by atoms with Crippen molar-refractivity contribution in [3.8, 4) is 0 Å². The number of H-pyrrole nitrogens is 1. The molecule has 0 spiro atoms. The van der Waals surface area contributed by atoms with E-state index in [1.54, 1.807) is 0 Å². The molecule has 1 aliphatic carbocycles. The van der Waals surface area contributed by atoms with Gasteiger partial charge in [0.05, 0.1) is 16.7 Å². The van der Waals surface area contributed by atoms with Gasteiger partial charge in [-0.2, -0.15) is 0 Å². The largest absolute Gasteiger partial charge is 0.344 e. The van der Waals surface area contributed by atoms with Crippen molar-refractivity contribution in [3.63, 3.8) is 0 Å². The highest BCUT2D eigenvalue weighted by atomic mass is 32.1. The lowest BCUT2D eigenvalue weighted by molar-refractivity contribution is 0.0936. The molecule has 0 saturated heterocycles. The van der Waals surface area contributed by atoms with Gasteiger partial charge in [-0.05, 0) is 44.7 Å². The molecule has 1 amide bonds. The molecule has 2 heterocycles. The first kappa shape index (κ1) is 14.0. The summed E-state index contributed by atoms with van der Waals surface area (Å²) >= 11 is 1.41. The number of amides is 1. The summed E-state index contributed by atoms with van der Waals surface area (Å²) in [5, 5.41) is 3.97. The predicted octanol–water partition coefficient (Wildman–Crippen LogP) is 2.26. The van der Waals surface area contributed by atoms with Gasteiger partial charge < -0.3 is 10.3 Å². The van der Waals surface area contributed by atoms with Gasteiger partial charge in [-0.25, -0.2) is 4.98 Å². The van der Waals surface area contributed by atoms with Crippen LogP contribution in [-0.2, 0) is 6.42 Å². The van der Waals surface area contributed by atoms with Gasteiger partial charge in [0.25, 0.3) is 5.91 Å². The SMILES string of the molecule is Cc1nc(C)c(C(=O)NC2CCCc3[nH]c(=O)ccc32)s1. The molecular weight excluding hydrogens is 286 g/mol. The maximum atomic E-state index is 12.4. The lowest BCUT2D eigenvalue weighted by Gasteiger charge is -2.25. The van der Waals surface area contributed by atoms with Crippen LogP contribution >= 0.6 is 11.3 Å². The molecule has 0 saturated carbocycles. The van der Waals surface area contributed by atoms with Gasteiger partial charge in [-0.3, -0.25) is 9.59 Å². The Labute approximate surface area is 126 Å². The van der Waals surface area contributed by atoms with E-state index in [-0.39, 0.29) is 17.5 Å². The van der Waals surface area contributed by atoms with E-state index in [0.29, 0.717) is 4.88 Å². The summed E-state index contributed by atoms with van der Waals surface area (Å²) in [6.07, 6.45) is 2.71. The van der Waals surface area contributed by atoms with Crippen LogP contribution in [-0.4, -0.2) is 15.9 Å². The minimum atomic E-state index is -0.0883. The highest BCUT2D eigenvalue weighted by Gasteiger charge is 2.24. The summed E-state index contributed by atoms with van der Waals surface area (Å²) in [6.45, 7) is 3.75. The maximum absolute atomic E-state index is 12.4. The Hall–Kier alpha value is -1.95. The van der Waals surface area contributed by atoms with Crippen LogP contribution in [0.1, 0.15) is 50.5 Å². The molecule has 0 aromatic carbocycles. The fourth-order valence-corrected chi connectivity index (χ4v) is 3.64. The summed E-state index contributed by atoms with van der Waals surface area (Å²) in [6, 6.07) is 3.30. The molecule has 0 bridgehead atoms. The minimum Gasteiger partial charge on any atom is -0.344 e. The summed E-state index contributed by atoms with van der Waals surface area (Å²) in [4.78, 5) is 31.6. The van der Waals surface area contributed by atoms with Crippen LogP contribution in [0.25, 0.3) is 0 Å². The van der Waals surface area contributed by atoms with Crippen LogP contribution in [0.2, 0.25) is 0 Å². The first-order valence-corrected chi connectivity index (χ1v) is 7.83. The first-order valence-electron chi connectivity index (χ1n) is 7.01. The van der Waals surface area contributed by atoms with E-state index in [2.05, 4.69) is 15.3 Å². The third kappa shape index (κ3) is 2.76. The number of hydrogen-bond acceptors (Lipinski definition) is 4. The summed E-state index contributed by atoms with van der Waals surface area (Å²) in [5.41, 5.74) is 2.64. The van der Waals surface area contributed by atoms with Crippen molar-refractivity contribution in [3.05, 3.63) is 49.3 Å². The molecule has 1 unspecified atom stereocenters. The van der Waals surface area contributed by atoms with E-state index in [1.165, 1.54) is 17.4 Å². The van der Waals surface area contributed by atoms with Crippen LogP contribution in [0.4, 0.5) is 0 Å². The quantitative estimate of drug-likeness (QED) is 0.893.